The fourth-order valence-electron chi connectivity index (χ4n) is 3.78. The van der Waals surface area contributed by atoms with Crippen molar-refractivity contribution in [3.63, 3.8) is 0 Å². The van der Waals surface area contributed by atoms with Gasteiger partial charge in [0, 0.05) is 35.5 Å². The highest BCUT2D eigenvalue weighted by Crippen LogP contribution is 2.38. The zero-order chi connectivity index (χ0) is 22.2. The summed E-state index contributed by atoms with van der Waals surface area (Å²) in [6.07, 6.45) is -4.06. The molecule has 0 saturated carbocycles. The van der Waals surface area contributed by atoms with E-state index in [9.17, 15) is 28.2 Å². The molecule has 10 heteroatoms. The first-order valence-corrected chi connectivity index (χ1v) is 9.64. The minimum atomic E-state index is -4.57. The van der Waals surface area contributed by atoms with Crippen LogP contribution in [0.15, 0.2) is 42.5 Å². The molecule has 1 aliphatic heterocycles. The van der Waals surface area contributed by atoms with Crippen molar-refractivity contribution in [1.29, 1.82) is 0 Å². The summed E-state index contributed by atoms with van der Waals surface area (Å²) in [5.74, 6) is -0.0950. The number of amides is 1. The molecule has 2 aromatic carbocycles. The summed E-state index contributed by atoms with van der Waals surface area (Å²) in [5.41, 5.74) is -0.564. The van der Waals surface area contributed by atoms with E-state index in [4.69, 9.17) is 0 Å². The van der Waals surface area contributed by atoms with Crippen molar-refractivity contribution in [2.45, 2.75) is 25.1 Å². The maximum Gasteiger partial charge on any atom is 0.416 e. The summed E-state index contributed by atoms with van der Waals surface area (Å²) in [6, 6.07) is 9.66. The number of nitrogens with one attached hydrogen (secondary N) is 1. The monoisotopic (exact) mass is 432 g/mol. The molecule has 1 fully saturated rings. The molecule has 162 valence electrons. The van der Waals surface area contributed by atoms with Crippen molar-refractivity contribution in [3.8, 4) is 17.0 Å². The van der Waals surface area contributed by atoms with E-state index in [0.717, 1.165) is 12.5 Å². The Labute approximate surface area is 175 Å². The van der Waals surface area contributed by atoms with Gasteiger partial charge in [-0.3, -0.25) is 0 Å². The Balaban J connectivity index is 1.70. The smallest absolute Gasteiger partial charge is 0.416 e. The second-order valence-corrected chi connectivity index (χ2v) is 7.38. The van der Waals surface area contributed by atoms with Crippen LogP contribution in [0.2, 0.25) is 0 Å². The van der Waals surface area contributed by atoms with Gasteiger partial charge >= 0.3 is 12.3 Å². The van der Waals surface area contributed by atoms with Crippen molar-refractivity contribution in [2.24, 2.45) is 0 Å². The molecule has 1 aliphatic rings. The van der Waals surface area contributed by atoms with Crippen molar-refractivity contribution in [3.05, 3.63) is 48.0 Å². The van der Waals surface area contributed by atoms with E-state index >= 15 is 0 Å². The van der Waals surface area contributed by atoms with Crippen LogP contribution < -0.4 is 5.32 Å². The van der Waals surface area contributed by atoms with E-state index in [2.05, 4.69) is 15.5 Å². The Bertz CT molecular complexity index is 1140. The van der Waals surface area contributed by atoms with Gasteiger partial charge in [-0.25, -0.2) is 4.79 Å². The summed E-state index contributed by atoms with van der Waals surface area (Å²) in [6.45, 7) is 0.791. The Morgan fingerprint density at radius 3 is 2.55 bits per heavy atom. The van der Waals surface area contributed by atoms with Gasteiger partial charge in [0.25, 0.3) is 0 Å². The molecule has 3 N–H and O–H groups in total. The third kappa shape index (κ3) is 4.18. The van der Waals surface area contributed by atoms with Gasteiger partial charge < -0.3 is 20.4 Å². The van der Waals surface area contributed by atoms with Crippen molar-refractivity contribution >= 4 is 22.7 Å². The Morgan fingerprint density at radius 1 is 1.13 bits per heavy atom. The number of phenolic OH excluding ortho intramolecular Hbond substituents is 1. The molecule has 0 aliphatic carbocycles. The van der Waals surface area contributed by atoms with E-state index in [0.29, 0.717) is 42.2 Å². The summed E-state index contributed by atoms with van der Waals surface area (Å²) in [5, 5.41) is 32.3. The van der Waals surface area contributed by atoms with E-state index in [1.165, 1.54) is 11.0 Å². The number of hydrogen-bond acceptors (Lipinski definition) is 5. The average Bonchev–Trinajstić information content (AvgIpc) is 2.74. The number of carboxylic acid groups (broad SMARTS) is 1. The van der Waals surface area contributed by atoms with Crippen LogP contribution in [-0.4, -0.2) is 50.5 Å². The molecule has 3 aromatic rings. The first-order chi connectivity index (χ1) is 14.7. The molecule has 1 atom stereocenters. The number of rotatable bonds is 3. The van der Waals surface area contributed by atoms with Crippen LogP contribution in [0.4, 0.5) is 23.8 Å². The number of piperidine rings is 1. The zero-order valence-electron chi connectivity index (χ0n) is 16.2. The van der Waals surface area contributed by atoms with Gasteiger partial charge in [-0.1, -0.05) is 24.3 Å². The first kappa shape index (κ1) is 20.7. The van der Waals surface area contributed by atoms with E-state index in [1.54, 1.807) is 24.3 Å². The third-order valence-corrected chi connectivity index (χ3v) is 5.30. The van der Waals surface area contributed by atoms with E-state index < -0.39 is 23.6 Å². The topological polar surface area (TPSA) is 98.6 Å². The molecular formula is C21H19F3N4O3. The predicted molar refractivity (Wildman–Crippen MR) is 108 cm³/mol. The first-order valence-electron chi connectivity index (χ1n) is 9.64. The van der Waals surface area contributed by atoms with Crippen LogP contribution in [0.3, 0.4) is 0 Å². The molecule has 31 heavy (non-hydrogen) atoms. The lowest BCUT2D eigenvalue weighted by molar-refractivity contribution is -0.137. The molecule has 2 heterocycles. The fraction of sp³-hybridized carbons (Fsp3) is 0.286. The number of aromatic hydroxyl groups is 1. The number of fused-ring (bicyclic) bond motifs is 1. The highest BCUT2D eigenvalue weighted by atomic mass is 19.4. The Morgan fingerprint density at radius 2 is 1.87 bits per heavy atom. The molecule has 1 amide bonds. The van der Waals surface area contributed by atoms with Gasteiger partial charge in [0.15, 0.2) is 5.82 Å². The summed E-state index contributed by atoms with van der Waals surface area (Å²) >= 11 is 0. The normalized spacial score (nSPS) is 17.0. The number of anilines is 1. The van der Waals surface area contributed by atoms with Crippen molar-refractivity contribution in [1.82, 2.24) is 15.1 Å². The number of likely N-dealkylation sites (tertiary alicyclic amines) is 1. The number of alkyl halides is 3. The number of phenols is 1. The summed E-state index contributed by atoms with van der Waals surface area (Å²) in [4.78, 5) is 12.6. The highest BCUT2D eigenvalue weighted by molar-refractivity contribution is 6.00. The molecule has 0 bridgehead atoms. The zero-order valence-corrected chi connectivity index (χ0v) is 16.2. The number of aromatic nitrogens is 2. The van der Waals surface area contributed by atoms with Gasteiger partial charge in [-0.15, -0.1) is 10.2 Å². The van der Waals surface area contributed by atoms with Crippen molar-refractivity contribution < 1.29 is 28.2 Å². The highest BCUT2D eigenvalue weighted by Gasteiger charge is 2.31. The maximum absolute atomic E-state index is 12.9. The summed E-state index contributed by atoms with van der Waals surface area (Å²) in [7, 11) is 0. The van der Waals surface area contributed by atoms with Crippen LogP contribution in [0, 0.1) is 0 Å². The van der Waals surface area contributed by atoms with Gasteiger partial charge in [0.1, 0.15) is 11.4 Å². The van der Waals surface area contributed by atoms with Crippen LogP contribution >= 0.6 is 0 Å². The minimum Gasteiger partial charge on any atom is -0.507 e. The van der Waals surface area contributed by atoms with E-state index in [-0.39, 0.29) is 17.3 Å². The fourth-order valence-corrected chi connectivity index (χ4v) is 3.78. The molecule has 1 aromatic heterocycles. The lowest BCUT2D eigenvalue weighted by Gasteiger charge is -2.31. The quantitative estimate of drug-likeness (QED) is 0.561. The second-order valence-electron chi connectivity index (χ2n) is 7.38. The maximum atomic E-state index is 12.9. The van der Waals surface area contributed by atoms with Gasteiger partial charge in [-0.2, -0.15) is 13.2 Å². The summed E-state index contributed by atoms with van der Waals surface area (Å²) < 4.78 is 38.8. The number of hydrogen-bond donors (Lipinski definition) is 3. The second kappa shape index (κ2) is 7.93. The van der Waals surface area contributed by atoms with Crippen molar-refractivity contribution in [2.75, 3.05) is 18.4 Å². The third-order valence-electron chi connectivity index (χ3n) is 5.30. The molecule has 4 rings (SSSR count). The van der Waals surface area contributed by atoms with Gasteiger partial charge in [0.2, 0.25) is 0 Å². The number of benzene rings is 2. The van der Waals surface area contributed by atoms with Gasteiger partial charge in [0.05, 0.1) is 5.56 Å². The van der Waals surface area contributed by atoms with Crippen LogP contribution in [-0.2, 0) is 6.18 Å². The van der Waals surface area contributed by atoms with E-state index in [1.807, 2.05) is 0 Å². The lowest BCUT2D eigenvalue weighted by Crippen LogP contribution is -2.44. The molecule has 0 radical (unpaired) electrons. The SMILES string of the molecule is O=C(O)N1CCC[C@@H](Nc2nnc(-c3ccc(C(F)(F)F)cc3O)c3ccccc23)C1. The largest absolute Gasteiger partial charge is 0.507 e. The Kier molecular flexibility index (Phi) is 5.30. The molecule has 7 nitrogen and oxygen atoms in total. The number of nitrogens with zero attached hydrogens (tertiary/aromatic N) is 3. The molecule has 0 spiro atoms. The lowest BCUT2D eigenvalue weighted by atomic mass is 10.0. The van der Waals surface area contributed by atoms with Crippen LogP contribution in [0.5, 0.6) is 5.75 Å². The Hall–Kier alpha value is -3.56. The van der Waals surface area contributed by atoms with Crippen LogP contribution in [0.1, 0.15) is 18.4 Å². The molecule has 0 unspecified atom stereocenters. The minimum absolute atomic E-state index is 0.137. The number of carbonyl (C=O) groups is 1. The number of halogens is 3. The predicted octanol–water partition coefficient (Wildman–Crippen LogP) is 4.58. The van der Waals surface area contributed by atoms with Gasteiger partial charge in [-0.05, 0) is 31.0 Å². The molecule has 1 saturated heterocycles. The average molecular weight is 432 g/mol. The molecular weight excluding hydrogens is 413 g/mol. The standard InChI is InChI=1S/C21H19F3N4O3/c22-21(23,24)12-7-8-16(17(29)10-12)18-14-5-1-2-6-15(14)19(27-26-18)25-13-4-3-9-28(11-13)20(30)31/h1-2,5-8,10,13,29H,3-4,9,11H2,(H,25,27)(H,30,31)/t13-/m1/s1. The van der Waals surface area contributed by atoms with Crippen LogP contribution in [0.25, 0.3) is 22.0 Å².